The Bertz CT molecular complexity index is 1080. The first kappa shape index (κ1) is 14.7. The fourth-order valence-electron chi connectivity index (χ4n) is 2.18. The molecule has 2 aromatic carbocycles. The van der Waals surface area contributed by atoms with Crippen molar-refractivity contribution in [1.29, 1.82) is 5.26 Å². The molecule has 0 aliphatic rings. The second-order valence-corrected chi connectivity index (χ2v) is 5.22. The van der Waals surface area contributed by atoms with Gasteiger partial charge in [-0.2, -0.15) is 5.26 Å². The van der Waals surface area contributed by atoms with E-state index in [1.54, 1.807) is 42.5 Å². The maximum absolute atomic E-state index is 12.3. The molecule has 7 heteroatoms. The molecule has 23 heavy (non-hydrogen) atoms. The maximum atomic E-state index is 12.3. The Kier molecular flexibility index (Phi) is 3.75. The molecule has 3 rings (SSSR count). The molecule has 0 aliphatic carbocycles. The van der Waals surface area contributed by atoms with Gasteiger partial charge in [-0.05, 0) is 48.6 Å². The van der Waals surface area contributed by atoms with Crippen molar-refractivity contribution in [2.24, 2.45) is 0 Å². The topological polar surface area (TPSA) is 102 Å². The first-order chi connectivity index (χ1) is 11.1. The van der Waals surface area contributed by atoms with Crippen LogP contribution in [0.4, 0.5) is 5.69 Å². The van der Waals surface area contributed by atoms with Crippen molar-refractivity contribution < 1.29 is 4.79 Å². The van der Waals surface area contributed by atoms with Gasteiger partial charge in [-0.25, -0.2) is 0 Å². The predicted octanol–water partition coefficient (Wildman–Crippen LogP) is 2.71. The number of H-pyrrole nitrogens is 2. The van der Waals surface area contributed by atoms with Gasteiger partial charge in [0, 0.05) is 11.3 Å². The van der Waals surface area contributed by atoms with Crippen molar-refractivity contribution in [1.82, 2.24) is 9.97 Å². The number of nitriles is 1. The first-order valence-corrected chi connectivity index (χ1v) is 7.05. The van der Waals surface area contributed by atoms with Gasteiger partial charge in [0.2, 0.25) is 0 Å². The molecule has 0 spiro atoms. The summed E-state index contributed by atoms with van der Waals surface area (Å²) in [5.74, 6) is -0.346. The highest BCUT2D eigenvalue weighted by Gasteiger charge is 2.09. The van der Waals surface area contributed by atoms with Crippen molar-refractivity contribution in [2.45, 2.75) is 0 Å². The highest BCUT2D eigenvalue weighted by molar-refractivity contribution is 7.71. The molecule has 1 heterocycles. The molecule has 1 amide bonds. The van der Waals surface area contributed by atoms with E-state index in [4.69, 9.17) is 17.5 Å². The van der Waals surface area contributed by atoms with Crippen molar-refractivity contribution in [3.8, 4) is 6.07 Å². The van der Waals surface area contributed by atoms with Gasteiger partial charge in [0.15, 0.2) is 4.77 Å². The lowest BCUT2D eigenvalue weighted by molar-refractivity contribution is 0.102. The van der Waals surface area contributed by atoms with Crippen LogP contribution in [0.15, 0.2) is 47.3 Å². The normalized spacial score (nSPS) is 10.2. The third-order valence-corrected chi connectivity index (χ3v) is 3.46. The van der Waals surface area contributed by atoms with Gasteiger partial charge in [-0.3, -0.25) is 14.6 Å². The third kappa shape index (κ3) is 3.02. The number of amides is 1. The van der Waals surface area contributed by atoms with Crippen LogP contribution in [0.25, 0.3) is 10.9 Å². The number of benzene rings is 2. The van der Waals surface area contributed by atoms with E-state index in [2.05, 4.69) is 15.3 Å². The van der Waals surface area contributed by atoms with E-state index in [1.807, 2.05) is 6.07 Å². The second-order valence-electron chi connectivity index (χ2n) is 4.82. The minimum absolute atomic E-state index is 0.196. The number of aromatic nitrogens is 2. The molecule has 1 aromatic heterocycles. The quantitative estimate of drug-likeness (QED) is 0.631. The van der Waals surface area contributed by atoms with Gasteiger partial charge >= 0.3 is 0 Å². The minimum Gasteiger partial charge on any atom is -0.332 e. The Morgan fingerprint density at radius 1 is 1.17 bits per heavy atom. The van der Waals surface area contributed by atoms with Crippen LogP contribution in [0.3, 0.4) is 0 Å². The monoisotopic (exact) mass is 322 g/mol. The van der Waals surface area contributed by atoms with E-state index in [1.165, 1.54) is 0 Å². The summed E-state index contributed by atoms with van der Waals surface area (Å²) in [4.78, 5) is 29.4. The van der Waals surface area contributed by atoms with Crippen LogP contribution in [-0.4, -0.2) is 15.9 Å². The molecular formula is C16H10N4O2S. The van der Waals surface area contributed by atoms with Crippen LogP contribution in [0, 0.1) is 16.1 Å². The van der Waals surface area contributed by atoms with Crippen LogP contribution < -0.4 is 10.9 Å². The number of hydrogen-bond acceptors (Lipinski definition) is 4. The fraction of sp³-hybridized carbons (Fsp3) is 0. The van der Waals surface area contributed by atoms with Crippen LogP contribution in [-0.2, 0) is 0 Å². The average molecular weight is 322 g/mol. The average Bonchev–Trinajstić information content (AvgIpc) is 2.54. The molecule has 0 unspecified atom stereocenters. The lowest BCUT2D eigenvalue weighted by atomic mass is 10.1. The molecule has 3 aromatic rings. The van der Waals surface area contributed by atoms with Gasteiger partial charge in [0.05, 0.1) is 22.5 Å². The molecule has 3 N–H and O–H groups in total. The standard InChI is InChI=1S/C16H10N4O2S/c17-8-9-2-1-3-11(6-9)18-14(21)10-4-5-12-13(7-10)19-16(23)20-15(12)22/h1-7H,(H,18,21)(H2,19,20,22,23). The summed E-state index contributed by atoms with van der Waals surface area (Å²) in [5, 5.41) is 12.0. The molecule has 0 aliphatic heterocycles. The van der Waals surface area contributed by atoms with Gasteiger partial charge in [0.25, 0.3) is 11.5 Å². The number of hydrogen-bond donors (Lipinski definition) is 3. The second kappa shape index (κ2) is 5.87. The SMILES string of the molecule is N#Cc1cccc(NC(=O)c2ccc3c(=O)[nH]c(=S)[nH]c3c2)c1. The highest BCUT2D eigenvalue weighted by atomic mass is 32.1. The van der Waals surface area contributed by atoms with Crippen molar-refractivity contribution >= 4 is 34.7 Å². The number of nitrogens with one attached hydrogen (secondary N) is 3. The van der Waals surface area contributed by atoms with Gasteiger partial charge in [0.1, 0.15) is 0 Å². The number of anilines is 1. The van der Waals surface area contributed by atoms with E-state index < -0.39 is 0 Å². The number of fused-ring (bicyclic) bond motifs is 1. The Hall–Kier alpha value is -3.24. The van der Waals surface area contributed by atoms with E-state index in [-0.39, 0.29) is 16.2 Å². The van der Waals surface area contributed by atoms with E-state index in [9.17, 15) is 9.59 Å². The summed E-state index contributed by atoms with van der Waals surface area (Å²) in [6.45, 7) is 0. The van der Waals surface area contributed by atoms with E-state index in [0.717, 1.165) is 0 Å². The molecule has 112 valence electrons. The number of aromatic amines is 2. The van der Waals surface area contributed by atoms with Crippen molar-refractivity contribution in [2.75, 3.05) is 5.32 Å². The Balaban J connectivity index is 1.96. The Morgan fingerprint density at radius 2 is 2.00 bits per heavy atom. The first-order valence-electron chi connectivity index (χ1n) is 6.65. The lowest BCUT2D eigenvalue weighted by Gasteiger charge is -2.06. The van der Waals surface area contributed by atoms with Gasteiger partial charge in [-0.15, -0.1) is 0 Å². The summed E-state index contributed by atoms with van der Waals surface area (Å²) >= 11 is 4.93. The Labute approximate surface area is 135 Å². The summed E-state index contributed by atoms with van der Waals surface area (Å²) in [6.07, 6.45) is 0. The molecule has 0 saturated heterocycles. The molecule has 0 radical (unpaired) electrons. The zero-order valence-corrected chi connectivity index (χ0v) is 12.5. The summed E-state index contributed by atoms with van der Waals surface area (Å²) in [6, 6.07) is 13.3. The smallest absolute Gasteiger partial charge is 0.259 e. The fourth-order valence-corrected chi connectivity index (χ4v) is 2.38. The lowest BCUT2D eigenvalue weighted by Crippen LogP contribution is -2.13. The van der Waals surface area contributed by atoms with Gasteiger partial charge in [-0.1, -0.05) is 6.07 Å². The largest absolute Gasteiger partial charge is 0.332 e. The molecule has 0 saturated carbocycles. The zero-order valence-electron chi connectivity index (χ0n) is 11.7. The predicted molar refractivity (Wildman–Crippen MR) is 88.9 cm³/mol. The highest BCUT2D eigenvalue weighted by Crippen LogP contribution is 2.14. The summed E-state index contributed by atoms with van der Waals surface area (Å²) < 4.78 is 0.196. The van der Waals surface area contributed by atoms with Crippen molar-refractivity contribution in [3.63, 3.8) is 0 Å². The Morgan fingerprint density at radius 3 is 2.78 bits per heavy atom. The third-order valence-electron chi connectivity index (χ3n) is 3.25. The number of carbonyl (C=O) groups is 1. The van der Waals surface area contributed by atoms with Crippen LogP contribution in [0.2, 0.25) is 0 Å². The number of rotatable bonds is 2. The number of nitrogens with zero attached hydrogens (tertiary/aromatic N) is 1. The molecule has 0 fully saturated rings. The molecule has 0 bridgehead atoms. The van der Waals surface area contributed by atoms with E-state index >= 15 is 0 Å². The summed E-state index contributed by atoms with van der Waals surface area (Å²) in [5.41, 5.74) is 1.52. The number of carbonyl (C=O) groups excluding carboxylic acids is 1. The molecule has 0 atom stereocenters. The van der Waals surface area contributed by atoms with Crippen LogP contribution in [0.1, 0.15) is 15.9 Å². The maximum Gasteiger partial charge on any atom is 0.259 e. The van der Waals surface area contributed by atoms with Crippen LogP contribution in [0.5, 0.6) is 0 Å². The van der Waals surface area contributed by atoms with Gasteiger partial charge < -0.3 is 10.3 Å². The van der Waals surface area contributed by atoms with E-state index in [0.29, 0.717) is 27.7 Å². The summed E-state index contributed by atoms with van der Waals surface area (Å²) in [7, 11) is 0. The minimum atomic E-state index is -0.346. The van der Waals surface area contributed by atoms with Crippen molar-refractivity contribution in [3.05, 3.63) is 68.7 Å². The molecular weight excluding hydrogens is 312 g/mol. The van der Waals surface area contributed by atoms with Crippen LogP contribution >= 0.6 is 12.2 Å². The molecule has 6 nitrogen and oxygen atoms in total. The zero-order chi connectivity index (χ0) is 16.4.